The molecular weight excluding hydrogens is 699 g/mol. The second-order valence-electron chi connectivity index (χ2n) is 13.6. The number of aliphatic hydroxyl groups excluding tert-OH is 2. The first-order chi connectivity index (χ1) is 25.6. The molecule has 0 aliphatic carbocycles. The maximum atomic E-state index is 12.5. The molecule has 304 valence electrons. The minimum absolute atomic E-state index is 0.111. The van der Waals surface area contributed by atoms with Crippen LogP contribution in [-0.2, 0) is 37.4 Å². The zero-order valence-corrected chi connectivity index (χ0v) is 33.5. The van der Waals surface area contributed by atoms with Gasteiger partial charge in [-0.15, -0.1) is 0 Å². The summed E-state index contributed by atoms with van der Waals surface area (Å²) in [5.41, 5.74) is 0. The lowest BCUT2D eigenvalue weighted by Gasteiger charge is -2.20. The third-order valence-corrected chi connectivity index (χ3v) is 9.59. The zero-order valence-electron chi connectivity index (χ0n) is 32.6. The van der Waals surface area contributed by atoms with Gasteiger partial charge in [-0.25, -0.2) is 4.57 Å². The van der Waals surface area contributed by atoms with Crippen LogP contribution in [0.15, 0.2) is 60.8 Å². The molecule has 4 unspecified atom stereocenters. The normalized spacial score (nSPS) is 19.1. The van der Waals surface area contributed by atoms with Crippen LogP contribution in [0.25, 0.3) is 0 Å². The quantitative estimate of drug-likeness (QED) is 0.0189. The third kappa shape index (κ3) is 29.6. The summed E-state index contributed by atoms with van der Waals surface area (Å²) in [6, 6.07) is 0. The van der Waals surface area contributed by atoms with Crippen LogP contribution in [0.5, 0.6) is 0 Å². The number of phosphoric ester groups is 1. The predicted octanol–water partition coefficient (Wildman–Crippen LogP) is 8.78. The van der Waals surface area contributed by atoms with E-state index in [1.165, 1.54) is 25.7 Å². The number of carbonyl (C=O) groups excluding carboxylic acids is 2. The van der Waals surface area contributed by atoms with E-state index in [1.54, 1.807) is 0 Å². The van der Waals surface area contributed by atoms with E-state index in [9.17, 15) is 24.2 Å². The Morgan fingerprint density at radius 3 is 1.92 bits per heavy atom. The van der Waals surface area contributed by atoms with Gasteiger partial charge >= 0.3 is 19.8 Å². The maximum absolute atomic E-state index is 12.5. The average Bonchev–Trinajstić information content (AvgIpc) is 3.90. The van der Waals surface area contributed by atoms with Crippen LogP contribution in [0.4, 0.5) is 0 Å². The largest absolute Gasteiger partial charge is 0.472 e. The van der Waals surface area contributed by atoms with E-state index in [-0.39, 0.29) is 19.4 Å². The van der Waals surface area contributed by atoms with Crippen LogP contribution in [-0.4, -0.2) is 77.9 Å². The predicted molar refractivity (Wildman–Crippen MR) is 209 cm³/mol. The first kappa shape index (κ1) is 48.6. The summed E-state index contributed by atoms with van der Waals surface area (Å²) in [5.74, 6) is -0.282. The van der Waals surface area contributed by atoms with E-state index < -0.39 is 51.8 Å². The van der Waals surface area contributed by atoms with Crippen molar-refractivity contribution in [2.75, 3.05) is 26.4 Å². The van der Waals surface area contributed by atoms with Crippen molar-refractivity contribution in [1.29, 1.82) is 0 Å². The second-order valence-corrected chi connectivity index (χ2v) is 15.0. The Kier molecular flexibility index (Phi) is 29.3. The molecule has 11 nitrogen and oxygen atoms in total. The van der Waals surface area contributed by atoms with Crippen LogP contribution in [0.2, 0.25) is 0 Å². The molecule has 1 heterocycles. The summed E-state index contributed by atoms with van der Waals surface area (Å²) in [4.78, 5) is 34.8. The van der Waals surface area contributed by atoms with Crippen molar-refractivity contribution in [3.63, 3.8) is 0 Å². The van der Waals surface area contributed by atoms with Crippen LogP contribution in [0.3, 0.4) is 0 Å². The highest BCUT2D eigenvalue weighted by Gasteiger charge is 2.36. The molecule has 1 fully saturated rings. The summed E-state index contributed by atoms with van der Waals surface area (Å²) in [6.07, 6.45) is 34.1. The van der Waals surface area contributed by atoms with Gasteiger partial charge in [0.1, 0.15) is 12.7 Å². The summed E-state index contributed by atoms with van der Waals surface area (Å²) in [6.45, 7) is 4.40. The molecule has 6 atom stereocenters. The number of aliphatic hydroxyl groups is 2. The fourth-order valence-electron chi connectivity index (χ4n) is 5.09. The highest BCUT2D eigenvalue weighted by molar-refractivity contribution is 7.47. The van der Waals surface area contributed by atoms with E-state index in [2.05, 4.69) is 73.9 Å². The van der Waals surface area contributed by atoms with Gasteiger partial charge in [-0.2, -0.15) is 0 Å². The van der Waals surface area contributed by atoms with Crippen LogP contribution >= 0.6 is 7.82 Å². The van der Waals surface area contributed by atoms with Crippen LogP contribution < -0.4 is 0 Å². The van der Waals surface area contributed by atoms with E-state index >= 15 is 0 Å². The molecule has 0 aromatic rings. The van der Waals surface area contributed by atoms with E-state index in [4.69, 9.17) is 23.8 Å². The van der Waals surface area contributed by atoms with Crippen LogP contribution in [0, 0.1) is 5.92 Å². The molecule has 1 rings (SSSR count). The Bertz CT molecular complexity index is 1150. The lowest BCUT2D eigenvalue weighted by molar-refractivity contribution is -0.161. The number of hydrogen-bond acceptors (Lipinski definition) is 10. The molecule has 0 saturated carbocycles. The molecule has 0 amide bonds. The minimum atomic E-state index is -4.63. The Balaban J connectivity index is 2.32. The summed E-state index contributed by atoms with van der Waals surface area (Å²) in [5, 5.41) is 18.3. The maximum Gasteiger partial charge on any atom is 0.472 e. The molecule has 0 aromatic carbocycles. The smallest absolute Gasteiger partial charge is 0.462 e. The fraction of sp³-hybridized carbons (Fsp3) is 0.707. The molecule has 53 heavy (non-hydrogen) atoms. The van der Waals surface area contributed by atoms with Gasteiger partial charge in [0, 0.05) is 12.8 Å². The van der Waals surface area contributed by atoms with Crippen molar-refractivity contribution >= 4 is 19.8 Å². The van der Waals surface area contributed by atoms with Gasteiger partial charge in [-0.3, -0.25) is 18.6 Å². The molecule has 1 aliphatic heterocycles. The number of epoxide rings is 1. The van der Waals surface area contributed by atoms with Gasteiger partial charge in [0.2, 0.25) is 0 Å². The third-order valence-electron chi connectivity index (χ3n) is 8.64. The lowest BCUT2D eigenvalue weighted by atomic mass is 10.00. The Labute approximate surface area is 319 Å². The number of esters is 2. The molecule has 1 aliphatic rings. The van der Waals surface area contributed by atoms with Crippen molar-refractivity contribution in [2.24, 2.45) is 5.92 Å². The summed E-state index contributed by atoms with van der Waals surface area (Å²) in [7, 11) is -4.63. The SMILES string of the molecule is CC/C=C\CC1OC1C/C=C\C/C=C\C/C=C\C/C=C\CCC(=O)OC[C@H](COP(=O)(O)OC[C@@H](O)CO)OC(=O)CCCCCCCCC(C)CC. The zero-order chi connectivity index (χ0) is 39.0. The number of phosphoric acid groups is 1. The average molecular weight is 769 g/mol. The highest BCUT2D eigenvalue weighted by atomic mass is 31.2. The topological polar surface area (TPSA) is 161 Å². The van der Waals surface area contributed by atoms with Crippen molar-refractivity contribution in [3.8, 4) is 0 Å². The molecule has 0 aromatic heterocycles. The Hall–Kier alpha value is -2.37. The Morgan fingerprint density at radius 1 is 0.736 bits per heavy atom. The number of hydrogen-bond donors (Lipinski definition) is 3. The standard InChI is InChI=1S/C41H69O11P/c1-4-6-21-27-38-39(52-38)28-23-18-13-11-9-7-8-10-12-14-19-24-29-40(44)48-33-37(34-50-53(46,47)49-32-36(43)31-42)51-41(45)30-25-20-16-15-17-22-26-35(3)5-2/h6,8-11,14,18-19,21,23,35-39,42-43H,4-5,7,12-13,15-17,20,22,24-34H2,1-3H3,(H,46,47)/b10-8-,11-9-,19-14-,21-6-,23-18-/t35?,36-,37+,38?,39?/m0/s1. The van der Waals surface area contributed by atoms with Crippen LogP contribution in [0.1, 0.15) is 130 Å². The molecule has 3 N–H and O–H groups in total. The molecule has 12 heteroatoms. The molecule has 0 spiro atoms. The Morgan fingerprint density at radius 2 is 1.30 bits per heavy atom. The first-order valence-electron chi connectivity index (χ1n) is 19.8. The highest BCUT2D eigenvalue weighted by Crippen LogP contribution is 2.43. The molecule has 0 bridgehead atoms. The van der Waals surface area contributed by atoms with Crippen molar-refractivity contribution < 1.29 is 52.5 Å². The fourth-order valence-corrected chi connectivity index (χ4v) is 5.88. The summed E-state index contributed by atoms with van der Waals surface area (Å²) >= 11 is 0. The van der Waals surface area contributed by atoms with E-state index in [0.29, 0.717) is 25.0 Å². The summed E-state index contributed by atoms with van der Waals surface area (Å²) < 4.78 is 38.2. The van der Waals surface area contributed by atoms with E-state index in [0.717, 1.165) is 63.7 Å². The number of allylic oxidation sites excluding steroid dienone is 8. The van der Waals surface area contributed by atoms with Gasteiger partial charge in [0.25, 0.3) is 0 Å². The van der Waals surface area contributed by atoms with Crippen molar-refractivity contribution in [2.45, 2.75) is 154 Å². The lowest BCUT2D eigenvalue weighted by Crippen LogP contribution is -2.29. The number of rotatable bonds is 34. The van der Waals surface area contributed by atoms with Gasteiger partial charge in [0.05, 0.1) is 32.0 Å². The van der Waals surface area contributed by atoms with Gasteiger partial charge in [0.15, 0.2) is 6.10 Å². The molecular formula is C41H69O11P. The second kappa shape index (κ2) is 31.9. The molecule has 0 radical (unpaired) electrons. The van der Waals surface area contributed by atoms with E-state index in [1.807, 2.05) is 12.2 Å². The van der Waals surface area contributed by atoms with Crippen molar-refractivity contribution in [1.82, 2.24) is 0 Å². The first-order valence-corrected chi connectivity index (χ1v) is 21.3. The monoisotopic (exact) mass is 768 g/mol. The number of ether oxygens (including phenoxy) is 3. The number of unbranched alkanes of at least 4 members (excludes halogenated alkanes) is 5. The number of carbonyl (C=O) groups is 2. The van der Waals surface area contributed by atoms with Crippen molar-refractivity contribution in [3.05, 3.63) is 60.8 Å². The molecule has 1 saturated heterocycles. The van der Waals surface area contributed by atoms with Gasteiger partial charge < -0.3 is 29.3 Å². The van der Waals surface area contributed by atoms with Gasteiger partial charge in [-0.1, -0.05) is 126 Å². The van der Waals surface area contributed by atoms with Gasteiger partial charge in [-0.05, 0) is 57.3 Å². The minimum Gasteiger partial charge on any atom is -0.462 e.